The van der Waals surface area contributed by atoms with Gasteiger partial charge in [0.15, 0.2) is 5.82 Å². The van der Waals surface area contributed by atoms with E-state index in [1.54, 1.807) is 0 Å². The van der Waals surface area contributed by atoms with Crippen LogP contribution in [0.2, 0.25) is 0 Å². The molecule has 0 aliphatic heterocycles. The summed E-state index contributed by atoms with van der Waals surface area (Å²) >= 11 is 0. The molecule has 0 saturated carbocycles. The molecule has 3 heteroatoms. The van der Waals surface area contributed by atoms with E-state index in [1.165, 1.54) is 38.2 Å². The lowest BCUT2D eigenvalue weighted by molar-refractivity contribution is 0.670. The maximum absolute atomic E-state index is 6.86. The van der Waals surface area contributed by atoms with Gasteiger partial charge < -0.3 is 4.42 Å². The summed E-state index contributed by atoms with van der Waals surface area (Å²) in [5.74, 6) is 0.678. The highest BCUT2D eigenvalue weighted by Crippen LogP contribution is 2.44. The second-order valence-corrected chi connectivity index (χ2v) is 17.3. The number of benzene rings is 11. The van der Waals surface area contributed by atoms with Crippen LogP contribution in [0.1, 0.15) is 0 Å². The van der Waals surface area contributed by atoms with E-state index in [0.717, 1.165) is 88.6 Å². The fraction of sp³-hybridized carbons (Fsp3) is 0. The Kier molecular flexibility index (Phi) is 9.17. The molecule has 0 bridgehead atoms. The number of furan rings is 1. The van der Waals surface area contributed by atoms with Gasteiger partial charge in [-0.3, -0.25) is 0 Å². The van der Waals surface area contributed by atoms with Crippen LogP contribution in [-0.2, 0) is 0 Å². The number of para-hydroxylation sites is 1. The monoisotopic (exact) mass is 852 g/mol. The van der Waals surface area contributed by atoms with Gasteiger partial charge in [0.25, 0.3) is 0 Å². The van der Waals surface area contributed by atoms with Gasteiger partial charge in [-0.25, -0.2) is 9.97 Å². The molecule has 0 saturated heterocycles. The van der Waals surface area contributed by atoms with Crippen LogP contribution >= 0.6 is 0 Å². The van der Waals surface area contributed by atoms with Crippen molar-refractivity contribution in [2.45, 2.75) is 0 Å². The summed E-state index contributed by atoms with van der Waals surface area (Å²) in [4.78, 5) is 10.5. The third-order valence-corrected chi connectivity index (χ3v) is 13.3. The van der Waals surface area contributed by atoms with Crippen molar-refractivity contribution >= 4 is 54.3 Å². The van der Waals surface area contributed by atoms with Gasteiger partial charge in [0.05, 0.1) is 11.4 Å². The smallest absolute Gasteiger partial charge is 0.160 e. The van der Waals surface area contributed by atoms with Crippen LogP contribution < -0.4 is 0 Å². The van der Waals surface area contributed by atoms with Crippen LogP contribution in [0.25, 0.3) is 133 Å². The molecule has 0 spiro atoms. The first-order chi connectivity index (χ1) is 33.2. The molecule has 2 aromatic heterocycles. The van der Waals surface area contributed by atoms with Crippen LogP contribution in [0.4, 0.5) is 0 Å². The maximum atomic E-state index is 6.86. The van der Waals surface area contributed by atoms with Crippen molar-refractivity contribution in [3.05, 3.63) is 243 Å². The van der Waals surface area contributed by atoms with Gasteiger partial charge in [-0.1, -0.05) is 212 Å². The first-order valence-electron chi connectivity index (χ1n) is 22.8. The van der Waals surface area contributed by atoms with Crippen molar-refractivity contribution in [3.63, 3.8) is 0 Å². The van der Waals surface area contributed by atoms with Crippen LogP contribution in [0.5, 0.6) is 0 Å². The maximum Gasteiger partial charge on any atom is 0.160 e. The highest BCUT2D eigenvalue weighted by atomic mass is 16.3. The zero-order valence-electron chi connectivity index (χ0n) is 36.4. The molecule has 11 aromatic carbocycles. The number of rotatable bonds is 7. The van der Waals surface area contributed by atoms with E-state index >= 15 is 0 Å². The zero-order chi connectivity index (χ0) is 44.3. The third kappa shape index (κ3) is 6.84. The van der Waals surface area contributed by atoms with Gasteiger partial charge in [0.1, 0.15) is 11.2 Å². The molecule has 0 unspecified atom stereocenters. The van der Waals surface area contributed by atoms with E-state index < -0.39 is 0 Å². The van der Waals surface area contributed by atoms with Crippen molar-refractivity contribution in [1.29, 1.82) is 0 Å². The van der Waals surface area contributed by atoms with Gasteiger partial charge in [-0.15, -0.1) is 0 Å². The number of fused-ring (bicyclic) bond motifs is 6. The van der Waals surface area contributed by atoms with E-state index in [4.69, 9.17) is 14.4 Å². The Morgan fingerprint density at radius 3 is 1.61 bits per heavy atom. The first kappa shape index (κ1) is 38.5. The number of aromatic nitrogens is 2. The molecule has 3 nitrogen and oxygen atoms in total. The predicted molar refractivity (Wildman–Crippen MR) is 280 cm³/mol. The van der Waals surface area contributed by atoms with Gasteiger partial charge >= 0.3 is 0 Å². The lowest BCUT2D eigenvalue weighted by Crippen LogP contribution is -1.96. The summed E-state index contributed by atoms with van der Waals surface area (Å²) in [5, 5.41) is 9.42. The minimum Gasteiger partial charge on any atom is -0.455 e. The standard InChI is InChI=1S/C64H40N2O/c1-2-15-46(16-3-1)59-40-60(66-64(65-59)47-34-27-42(28-35-47)49-36-29-41-13-4-5-17-48(41)37-49)51-38-50-18-7-9-21-54(50)58(39-51)56-24-12-26-61-62(56)57-25-11-23-55(63(57)67-61)45-32-30-44(31-33-45)53-22-10-19-43-14-6-8-20-52(43)53/h1-40H. The molecule has 0 N–H and O–H groups in total. The predicted octanol–water partition coefficient (Wildman–Crippen LogP) is 17.5. The van der Waals surface area contributed by atoms with Gasteiger partial charge in [-0.05, 0) is 102 Å². The molecule has 0 amide bonds. The van der Waals surface area contributed by atoms with E-state index in [9.17, 15) is 0 Å². The largest absolute Gasteiger partial charge is 0.455 e. The highest BCUT2D eigenvalue weighted by Gasteiger charge is 2.20. The van der Waals surface area contributed by atoms with Gasteiger partial charge in [-0.2, -0.15) is 0 Å². The molecular weight excluding hydrogens is 813 g/mol. The van der Waals surface area contributed by atoms with Gasteiger partial charge in [0, 0.05) is 33.0 Å². The van der Waals surface area contributed by atoms with E-state index in [-0.39, 0.29) is 0 Å². The second-order valence-electron chi connectivity index (χ2n) is 17.3. The lowest BCUT2D eigenvalue weighted by Gasteiger charge is -2.14. The Labute approximate surface area is 387 Å². The minimum atomic E-state index is 0.678. The summed E-state index contributed by atoms with van der Waals surface area (Å²) in [6, 6.07) is 86.4. The van der Waals surface area contributed by atoms with Crippen LogP contribution in [0, 0.1) is 0 Å². The quantitative estimate of drug-likeness (QED) is 0.160. The molecule has 0 aliphatic rings. The van der Waals surface area contributed by atoms with E-state index in [0.29, 0.717) is 5.82 Å². The van der Waals surface area contributed by atoms with Crippen LogP contribution in [0.15, 0.2) is 247 Å². The fourth-order valence-corrected chi connectivity index (χ4v) is 9.95. The average Bonchev–Trinajstić information content (AvgIpc) is 3.80. The molecule has 0 fully saturated rings. The Bertz CT molecular complexity index is 4010. The van der Waals surface area contributed by atoms with Crippen molar-refractivity contribution < 1.29 is 4.42 Å². The topological polar surface area (TPSA) is 38.9 Å². The Hall–Kier alpha value is -8.92. The molecular formula is C64H40N2O. The van der Waals surface area contributed by atoms with E-state index in [2.05, 4.69) is 237 Å². The molecule has 0 radical (unpaired) electrons. The molecule has 2 heterocycles. The van der Waals surface area contributed by atoms with Crippen LogP contribution in [0.3, 0.4) is 0 Å². The Morgan fingerprint density at radius 2 is 0.806 bits per heavy atom. The summed E-state index contributed by atoms with van der Waals surface area (Å²) in [7, 11) is 0. The molecule has 13 aromatic rings. The lowest BCUT2D eigenvalue weighted by atomic mass is 9.91. The van der Waals surface area contributed by atoms with Gasteiger partial charge in [0.2, 0.25) is 0 Å². The Morgan fingerprint density at radius 1 is 0.269 bits per heavy atom. The highest BCUT2D eigenvalue weighted by molar-refractivity contribution is 6.18. The van der Waals surface area contributed by atoms with E-state index in [1.807, 2.05) is 6.07 Å². The summed E-state index contributed by atoms with van der Waals surface area (Å²) in [6.07, 6.45) is 0. The fourth-order valence-electron chi connectivity index (χ4n) is 9.95. The molecule has 312 valence electrons. The zero-order valence-corrected chi connectivity index (χ0v) is 36.4. The van der Waals surface area contributed by atoms with Crippen LogP contribution in [-0.4, -0.2) is 9.97 Å². The number of nitrogens with zero attached hydrogens (tertiary/aromatic N) is 2. The molecule has 13 rings (SSSR count). The summed E-state index contributed by atoms with van der Waals surface area (Å²) < 4.78 is 6.86. The Balaban J connectivity index is 0.928. The SMILES string of the molecule is c1ccc(-c2cc(-c3cc(-c4cccc5oc6c(-c7ccc(-c8cccc9ccccc89)cc7)cccc6c45)c4ccccc4c3)nc(-c3ccc(-c4ccc5ccccc5c4)cc3)n2)cc1. The normalized spacial score (nSPS) is 11.6. The minimum absolute atomic E-state index is 0.678. The van der Waals surface area contributed by atoms with Crippen molar-refractivity contribution in [3.8, 4) is 78.4 Å². The van der Waals surface area contributed by atoms with Crippen molar-refractivity contribution in [2.24, 2.45) is 0 Å². The van der Waals surface area contributed by atoms with Crippen molar-refractivity contribution in [1.82, 2.24) is 9.97 Å². The molecule has 0 aliphatic carbocycles. The second kappa shape index (κ2) is 16.0. The number of hydrogen-bond acceptors (Lipinski definition) is 3. The summed E-state index contributed by atoms with van der Waals surface area (Å²) in [5.41, 5.74) is 15.6. The van der Waals surface area contributed by atoms with Crippen molar-refractivity contribution in [2.75, 3.05) is 0 Å². The third-order valence-electron chi connectivity index (χ3n) is 13.3. The first-order valence-corrected chi connectivity index (χ1v) is 22.8. The average molecular weight is 853 g/mol. The molecule has 0 atom stereocenters. The molecule has 67 heavy (non-hydrogen) atoms. The number of hydrogen-bond donors (Lipinski definition) is 0. The summed E-state index contributed by atoms with van der Waals surface area (Å²) in [6.45, 7) is 0.